The summed E-state index contributed by atoms with van der Waals surface area (Å²) in [6.07, 6.45) is 0. The Balaban J connectivity index is 2.11. The monoisotopic (exact) mass is 281 g/mol. The summed E-state index contributed by atoms with van der Waals surface area (Å²) in [6, 6.07) is 10.6. The molecule has 0 saturated carbocycles. The largest absolute Gasteiger partial charge is 0.399 e. The van der Waals surface area contributed by atoms with Gasteiger partial charge < -0.3 is 5.73 Å². The molecular formula is C14H13ClFNS. The van der Waals surface area contributed by atoms with Crippen molar-refractivity contribution in [2.75, 3.05) is 5.73 Å². The number of aryl methyl sites for hydroxylation is 1. The summed E-state index contributed by atoms with van der Waals surface area (Å²) in [5.41, 5.74) is 8.06. The van der Waals surface area contributed by atoms with Crippen LogP contribution in [-0.2, 0) is 5.75 Å². The van der Waals surface area contributed by atoms with Crippen molar-refractivity contribution in [2.45, 2.75) is 17.6 Å². The number of halogens is 2. The minimum absolute atomic E-state index is 0.289. The highest BCUT2D eigenvalue weighted by atomic mass is 35.5. The fourth-order valence-electron chi connectivity index (χ4n) is 1.56. The molecule has 94 valence electrons. The molecule has 2 N–H and O–H groups in total. The van der Waals surface area contributed by atoms with Gasteiger partial charge in [-0.3, -0.25) is 0 Å². The second kappa shape index (κ2) is 5.63. The normalized spacial score (nSPS) is 10.6. The molecule has 0 heterocycles. The lowest BCUT2D eigenvalue weighted by molar-refractivity contribution is 0.603. The smallest absolute Gasteiger partial charge is 0.138 e. The van der Waals surface area contributed by atoms with Gasteiger partial charge in [0, 0.05) is 21.4 Å². The number of benzene rings is 2. The van der Waals surface area contributed by atoms with E-state index in [1.54, 1.807) is 12.1 Å². The molecule has 0 bridgehead atoms. The molecular weight excluding hydrogens is 269 g/mol. The van der Waals surface area contributed by atoms with E-state index in [0.29, 0.717) is 16.3 Å². The summed E-state index contributed by atoms with van der Waals surface area (Å²) in [5.74, 6) is 0.350. The zero-order chi connectivity index (χ0) is 13.1. The molecule has 2 rings (SSSR count). The zero-order valence-electron chi connectivity index (χ0n) is 9.91. The van der Waals surface area contributed by atoms with E-state index >= 15 is 0 Å². The van der Waals surface area contributed by atoms with Gasteiger partial charge in [0.15, 0.2) is 0 Å². The van der Waals surface area contributed by atoms with Gasteiger partial charge in [-0.15, -0.1) is 11.8 Å². The minimum Gasteiger partial charge on any atom is -0.399 e. The number of thioether (sulfide) groups is 1. The number of anilines is 1. The van der Waals surface area contributed by atoms with Crippen molar-refractivity contribution in [3.63, 3.8) is 0 Å². The molecule has 0 aliphatic carbocycles. The van der Waals surface area contributed by atoms with Gasteiger partial charge in [-0.05, 0) is 42.3 Å². The van der Waals surface area contributed by atoms with Crippen LogP contribution in [0.15, 0.2) is 41.3 Å². The van der Waals surface area contributed by atoms with Crippen LogP contribution in [0.3, 0.4) is 0 Å². The zero-order valence-corrected chi connectivity index (χ0v) is 11.5. The molecule has 0 radical (unpaired) electrons. The van der Waals surface area contributed by atoms with Gasteiger partial charge >= 0.3 is 0 Å². The Bertz CT molecular complexity index is 520. The average Bonchev–Trinajstić information content (AvgIpc) is 2.30. The highest BCUT2D eigenvalue weighted by Gasteiger charge is 2.06. The summed E-state index contributed by atoms with van der Waals surface area (Å²) in [5, 5.41) is 0.721. The first-order chi connectivity index (χ1) is 8.56. The molecule has 0 unspecified atom stereocenters. The predicted octanol–water partition coefficient (Wildman–Crippen LogP) is 4.66. The van der Waals surface area contributed by atoms with Crippen molar-refractivity contribution in [1.29, 1.82) is 0 Å². The molecule has 2 aromatic rings. The van der Waals surface area contributed by atoms with E-state index in [4.69, 9.17) is 17.3 Å². The van der Waals surface area contributed by atoms with Gasteiger partial charge in [-0.2, -0.15) is 0 Å². The Morgan fingerprint density at radius 3 is 2.67 bits per heavy atom. The number of nitrogen functional groups attached to an aromatic ring is 1. The Morgan fingerprint density at radius 2 is 2.00 bits per heavy atom. The SMILES string of the molecule is Cc1ccc(CSc2ccc(N)cc2F)c(Cl)c1. The van der Waals surface area contributed by atoms with E-state index in [1.807, 2.05) is 25.1 Å². The van der Waals surface area contributed by atoms with Crippen LogP contribution in [0.5, 0.6) is 0 Å². The van der Waals surface area contributed by atoms with E-state index in [9.17, 15) is 4.39 Å². The lowest BCUT2D eigenvalue weighted by Crippen LogP contribution is -1.89. The fraction of sp³-hybridized carbons (Fsp3) is 0.143. The van der Waals surface area contributed by atoms with E-state index in [-0.39, 0.29) is 5.82 Å². The van der Waals surface area contributed by atoms with Crippen molar-refractivity contribution < 1.29 is 4.39 Å². The third-order valence-corrected chi connectivity index (χ3v) is 4.00. The molecule has 2 aromatic carbocycles. The summed E-state index contributed by atoms with van der Waals surface area (Å²) in [7, 11) is 0. The maximum atomic E-state index is 13.6. The number of rotatable bonds is 3. The van der Waals surface area contributed by atoms with Gasteiger partial charge in [-0.1, -0.05) is 23.7 Å². The van der Waals surface area contributed by atoms with Crippen molar-refractivity contribution in [3.05, 3.63) is 58.4 Å². The minimum atomic E-state index is -0.289. The molecule has 0 aromatic heterocycles. The Morgan fingerprint density at radius 1 is 1.22 bits per heavy atom. The molecule has 0 spiro atoms. The van der Waals surface area contributed by atoms with Crippen LogP contribution in [0.25, 0.3) is 0 Å². The second-order valence-electron chi connectivity index (χ2n) is 4.07. The maximum Gasteiger partial charge on any atom is 0.138 e. The molecule has 18 heavy (non-hydrogen) atoms. The highest BCUT2D eigenvalue weighted by Crippen LogP contribution is 2.29. The maximum absolute atomic E-state index is 13.6. The lowest BCUT2D eigenvalue weighted by atomic mass is 10.2. The quantitative estimate of drug-likeness (QED) is 0.654. The second-order valence-corrected chi connectivity index (χ2v) is 5.50. The summed E-state index contributed by atoms with van der Waals surface area (Å²) < 4.78 is 13.6. The third kappa shape index (κ3) is 3.18. The van der Waals surface area contributed by atoms with E-state index in [1.165, 1.54) is 17.8 Å². The van der Waals surface area contributed by atoms with Crippen LogP contribution in [-0.4, -0.2) is 0 Å². The number of nitrogens with two attached hydrogens (primary N) is 1. The van der Waals surface area contributed by atoms with Crippen LogP contribution >= 0.6 is 23.4 Å². The average molecular weight is 282 g/mol. The lowest BCUT2D eigenvalue weighted by Gasteiger charge is -2.06. The van der Waals surface area contributed by atoms with Gasteiger partial charge in [0.2, 0.25) is 0 Å². The van der Waals surface area contributed by atoms with Gasteiger partial charge in [-0.25, -0.2) is 4.39 Å². The van der Waals surface area contributed by atoms with Crippen LogP contribution < -0.4 is 5.73 Å². The van der Waals surface area contributed by atoms with Crippen LogP contribution in [0.1, 0.15) is 11.1 Å². The summed E-state index contributed by atoms with van der Waals surface area (Å²) >= 11 is 7.55. The van der Waals surface area contributed by atoms with E-state index in [0.717, 1.165) is 16.1 Å². The van der Waals surface area contributed by atoms with Crippen molar-refractivity contribution in [2.24, 2.45) is 0 Å². The van der Waals surface area contributed by atoms with E-state index in [2.05, 4.69) is 0 Å². The topological polar surface area (TPSA) is 26.0 Å². The van der Waals surface area contributed by atoms with Crippen LogP contribution in [0, 0.1) is 12.7 Å². The number of hydrogen-bond acceptors (Lipinski definition) is 2. The Hall–Kier alpha value is -1.19. The van der Waals surface area contributed by atoms with Gasteiger partial charge in [0.05, 0.1) is 0 Å². The molecule has 0 saturated heterocycles. The third-order valence-electron chi connectivity index (χ3n) is 2.55. The van der Waals surface area contributed by atoms with E-state index < -0.39 is 0 Å². The van der Waals surface area contributed by atoms with Gasteiger partial charge in [0.25, 0.3) is 0 Å². The first-order valence-electron chi connectivity index (χ1n) is 5.49. The first-order valence-corrected chi connectivity index (χ1v) is 6.85. The molecule has 0 aliphatic rings. The van der Waals surface area contributed by atoms with Gasteiger partial charge in [0.1, 0.15) is 5.82 Å². The Labute approximate surface area is 115 Å². The van der Waals surface area contributed by atoms with Crippen molar-refractivity contribution >= 4 is 29.1 Å². The molecule has 4 heteroatoms. The van der Waals surface area contributed by atoms with Crippen LogP contribution in [0.2, 0.25) is 5.02 Å². The molecule has 0 aliphatic heterocycles. The fourth-order valence-corrected chi connectivity index (χ4v) is 2.86. The molecule has 0 atom stereocenters. The van der Waals surface area contributed by atoms with Crippen molar-refractivity contribution in [3.8, 4) is 0 Å². The van der Waals surface area contributed by atoms with Crippen molar-refractivity contribution in [1.82, 2.24) is 0 Å². The predicted molar refractivity (Wildman–Crippen MR) is 76.6 cm³/mol. The molecule has 0 fully saturated rings. The standard InChI is InChI=1S/C14H13ClFNS/c1-9-2-3-10(12(15)6-9)8-18-14-5-4-11(17)7-13(14)16/h2-7H,8,17H2,1H3. The Kier molecular flexibility index (Phi) is 4.15. The number of hydrogen-bond donors (Lipinski definition) is 1. The summed E-state index contributed by atoms with van der Waals surface area (Å²) in [6.45, 7) is 1.99. The first kappa shape index (κ1) is 13.2. The molecule has 1 nitrogen and oxygen atoms in total. The molecule has 0 amide bonds. The highest BCUT2D eigenvalue weighted by molar-refractivity contribution is 7.98. The summed E-state index contributed by atoms with van der Waals surface area (Å²) in [4.78, 5) is 0.584. The van der Waals surface area contributed by atoms with Crippen LogP contribution in [0.4, 0.5) is 10.1 Å².